The van der Waals surface area contributed by atoms with Crippen LogP contribution >= 0.6 is 0 Å². The Bertz CT molecular complexity index is 4040. The van der Waals surface area contributed by atoms with Crippen molar-refractivity contribution in [2.45, 2.75) is 0 Å². The van der Waals surface area contributed by atoms with Gasteiger partial charge in [-0.25, -0.2) is 4.98 Å². The van der Waals surface area contributed by atoms with Crippen molar-refractivity contribution < 1.29 is 18.1 Å². The molecule has 0 N–H and O–H groups in total. The fraction of sp³-hybridized carbons (Fsp3) is 0. The van der Waals surface area contributed by atoms with Crippen LogP contribution in [0.25, 0.3) is 111 Å². The highest BCUT2D eigenvalue weighted by molar-refractivity contribution is 6.24. The van der Waals surface area contributed by atoms with Crippen LogP contribution < -0.4 is 0 Å². The topological polar surface area (TPSA) is 61.7 Å². The molecule has 266 valence electrons. The minimum Gasteiger partial charge on any atom is -0.456 e. The van der Waals surface area contributed by atoms with Gasteiger partial charge in [0.1, 0.15) is 11.2 Å². The monoisotopic (exact) mass is 739 g/mol. The normalized spacial score (nSPS) is 14.3. The van der Waals surface area contributed by atoms with Crippen molar-refractivity contribution >= 4 is 65.6 Å². The third-order valence-corrected chi connectivity index (χ3v) is 10.5. The molecule has 12 aromatic rings. The predicted octanol–water partition coefficient (Wildman–Crippen LogP) is 13.0. The zero-order chi connectivity index (χ0) is 46.2. The van der Waals surface area contributed by atoms with Crippen molar-refractivity contribution in [2.75, 3.05) is 0 Å². The van der Waals surface area contributed by atoms with Crippen molar-refractivity contribution in [1.29, 1.82) is 0 Å². The first kappa shape index (κ1) is 23.2. The van der Waals surface area contributed by atoms with Crippen LogP contribution in [-0.4, -0.2) is 24.1 Å². The second-order valence-corrected chi connectivity index (χ2v) is 13.7. The lowest BCUT2D eigenvalue weighted by Crippen LogP contribution is -2.07. The quantitative estimate of drug-likeness (QED) is 0.176. The van der Waals surface area contributed by atoms with E-state index in [2.05, 4.69) is 0 Å². The summed E-state index contributed by atoms with van der Waals surface area (Å²) >= 11 is 0. The molecule has 0 atom stereocenters. The zero-order valence-electron chi connectivity index (χ0n) is 39.8. The van der Waals surface area contributed by atoms with Crippen molar-refractivity contribution in [3.05, 3.63) is 188 Å². The molecule has 57 heavy (non-hydrogen) atoms. The fourth-order valence-electron chi connectivity index (χ4n) is 7.95. The third-order valence-electron chi connectivity index (χ3n) is 10.5. The van der Waals surface area contributed by atoms with E-state index in [4.69, 9.17) is 24.9 Å². The number of rotatable bonds is 5. The molecule has 0 saturated heterocycles. The van der Waals surface area contributed by atoms with Gasteiger partial charge in [-0.05, 0) is 47.5 Å². The minimum absolute atomic E-state index is 0.00407. The Morgan fingerprint density at radius 1 is 0.421 bits per heavy atom. The van der Waals surface area contributed by atoms with Crippen LogP contribution in [0, 0.1) is 0 Å². The highest BCUT2D eigenvalue weighted by Gasteiger charge is 2.25. The van der Waals surface area contributed by atoms with Gasteiger partial charge in [0, 0.05) is 38.1 Å². The standard InChI is InChI=1S/C51H31N5O/c1-4-15-32(16-5-1)35-27-28-40-45(31-35)57-44-26-14-25-43(46(40)44)55-41-23-12-10-21-36(41)38-29-30-39-37-22-11-13-24-42(37)56(48(39)47(38)55)51-53-49(33-17-6-2-7-18-33)52-50(54-51)34-19-8-3-9-20-34/h1-31H/i10D,11D,12D,13D,21D,22D,23D,24D,29D,30D. The molecule has 0 aliphatic heterocycles. The van der Waals surface area contributed by atoms with Gasteiger partial charge in [-0.2, -0.15) is 9.97 Å². The van der Waals surface area contributed by atoms with Crippen molar-refractivity contribution in [3.63, 3.8) is 0 Å². The Morgan fingerprint density at radius 3 is 1.61 bits per heavy atom. The average Bonchev–Trinajstić information content (AvgIpc) is 4.05. The summed E-state index contributed by atoms with van der Waals surface area (Å²) in [5.41, 5.74) is 4.68. The lowest BCUT2D eigenvalue weighted by atomic mass is 10.0. The molecule has 0 amide bonds. The lowest BCUT2D eigenvalue weighted by molar-refractivity contribution is 0.669. The highest BCUT2D eigenvalue weighted by atomic mass is 16.3. The largest absolute Gasteiger partial charge is 0.456 e. The van der Waals surface area contributed by atoms with E-state index in [0.29, 0.717) is 38.8 Å². The van der Waals surface area contributed by atoms with Crippen LogP contribution in [0.5, 0.6) is 0 Å². The third kappa shape index (κ3) is 4.81. The van der Waals surface area contributed by atoms with Crippen LogP contribution in [-0.2, 0) is 0 Å². The second-order valence-electron chi connectivity index (χ2n) is 13.7. The summed E-state index contributed by atoms with van der Waals surface area (Å²) in [4.78, 5) is 14.9. The molecule has 12 rings (SSSR count). The smallest absolute Gasteiger partial charge is 0.238 e. The fourth-order valence-corrected chi connectivity index (χ4v) is 7.95. The minimum atomic E-state index is -0.558. The molecule has 0 unspecified atom stereocenters. The van der Waals surface area contributed by atoms with Crippen molar-refractivity contribution in [3.8, 4) is 45.5 Å². The molecular weight excluding hydrogens is 699 g/mol. The summed E-state index contributed by atoms with van der Waals surface area (Å²) in [6.45, 7) is 0. The number of aromatic nitrogens is 5. The van der Waals surface area contributed by atoms with E-state index in [1.54, 1.807) is 22.8 Å². The molecule has 0 spiro atoms. The molecule has 0 saturated carbocycles. The maximum atomic E-state index is 9.78. The first-order chi connectivity index (χ1) is 32.4. The van der Waals surface area contributed by atoms with Gasteiger partial charge < -0.3 is 8.98 Å². The molecule has 0 aliphatic carbocycles. The van der Waals surface area contributed by atoms with Gasteiger partial charge in [0.05, 0.1) is 46.8 Å². The lowest BCUT2D eigenvalue weighted by Gasteiger charge is -2.14. The first-order valence-electron chi connectivity index (χ1n) is 23.3. The van der Waals surface area contributed by atoms with E-state index in [9.17, 15) is 8.22 Å². The molecular formula is C51H31N5O. The molecule has 4 heterocycles. The number of fused-ring (bicyclic) bond motifs is 10. The van der Waals surface area contributed by atoms with E-state index in [1.807, 2.05) is 109 Å². The summed E-state index contributed by atoms with van der Waals surface area (Å²) in [6, 6.07) is 34.7. The molecule has 0 bridgehead atoms. The summed E-state index contributed by atoms with van der Waals surface area (Å²) in [5.74, 6) is 0.404. The SMILES string of the molecule is [2H]c1c([2H])c([2H])c2c(c1[2H])c1c([2H])c([2H])c3c4c([2H])c([2H])c([2H])c([2H])c4n(-c4cccc5oc6cc(-c7ccccc7)ccc6c45)c3c1n2-c1nc(-c2ccccc2)nc(-c2ccccc2)n1. The van der Waals surface area contributed by atoms with Crippen LogP contribution in [0.4, 0.5) is 0 Å². The van der Waals surface area contributed by atoms with Crippen LogP contribution in [0.1, 0.15) is 13.7 Å². The van der Waals surface area contributed by atoms with Crippen molar-refractivity contribution in [2.24, 2.45) is 0 Å². The molecule has 0 radical (unpaired) electrons. The molecule has 0 aliphatic rings. The average molecular weight is 740 g/mol. The Balaban J connectivity index is 1.34. The van der Waals surface area contributed by atoms with E-state index in [0.717, 1.165) is 11.1 Å². The maximum absolute atomic E-state index is 9.78. The van der Waals surface area contributed by atoms with E-state index in [1.165, 1.54) is 4.57 Å². The molecule has 6 nitrogen and oxygen atoms in total. The maximum Gasteiger partial charge on any atom is 0.238 e. The predicted molar refractivity (Wildman–Crippen MR) is 232 cm³/mol. The number of hydrogen-bond acceptors (Lipinski definition) is 4. The number of nitrogens with zero attached hydrogens (tertiary/aromatic N) is 5. The van der Waals surface area contributed by atoms with Crippen LogP contribution in [0.3, 0.4) is 0 Å². The van der Waals surface area contributed by atoms with Gasteiger partial charge in [0.25, 0.3) is 0 Å². The van der Waals surface area contributed by atoms with Gasteiger partial charge in [-0.15, -0.1) is 0 Å². The Hall–Kier alpha value is -7.83. The summed E-state index contributed by atoms with van der Waals surface area (Å²) < 4.78 is 103. The Kier molecular flexibility index (Phi) is 5.02. The molecule has 4 aromatic heterocycles. The van der Waals surface area contributed by atoms with Crippen LogP contribution in [0.15, 0.2) is 192 Å². The van der Waals surface area contributed by atoms with Gasteiger partial charge in [0.2, 0.25) is 5.95 Å². The van der Waals surface area contributed by atoms with Crippen molar-refractivity contribution in [1.82, 2.24) is 24.1 Å². The van der Waals surface area contributed by atoms with Gasteiger partial charge in [0.15, 0.2) is 11.6 Å². The van der Waals surface area contributed by atoms with E-state index >= 15 is 0 Å². The van der Waals surface area contributed by atoms with Gasteiger partial charge in [-0.1, -0.05) is 151 Å². The molecule has 0 fully saturated rings. The van der Waals surface area contributed by atoms with Gasteiger partial charge >= 0.3 is 0 Å². The number of furan rings is 1. The number of hydrogen-bond donors (Lipinski definition) is 0. The van der Waals surface area contributed by atoms with E-state index in [-0.39, 0.29) is 61.2 Å². The molecule has 6 heteroatoms. The summed E-state index contributed by atoms with van der Waals surface area (Å²) in [7, 11) is 0. The van der Waals surface area contributed by atoms with Crippen LogP contribution in [0.2, 0.25) is 0 Å². The summed E-state index contributed by atoms with van der Waals surface area (Å²) in [5, 5.41) is 1.15. The summed E-state index contributed by atoms with van der Waals surface area (Å²) in [6.07, 6.45) is 0. The number of para-hydroxylation sites is 2. The highest BCUT2D eigenvalue weighted by Crippen LogP contribution is 2.44. The second kappa shape index (κ2) is 12.3. The van der Waals surface area contributed by atoms with Gasteiger partial charge in [-0.3, -0.25) is 4.57 Å². The number of benzene rings is 8. The Morgan fingerprint density at radius 2 is 0.982 bits per heavy atom. The zero-order valence-corrected chi connectivity index (χ0v) is 29.8. The van der Waals surface area contributed by atoms with E-state index < -0.39 is 60.4 Å². The molecule has 8 aromatic carbocycles. The first-order valence-corrected chi connectivity index (χ1v) is 18.3. The Labute approximate surface area is 340 Å².